The number of esters is 1. The molecule has 2 aromatic heterocycles. The van der Waals surface area contributed by atoms with E-state index in [1.807, 2.05) is 0 Å². The maximum absolute atomic E-state index is 12.0. The number of carbonyl (C=O) groups excluding carboxylic acids is 1. The molecule has 0 aliphatic carbocycles. The quantitative estimate of drug-likeness (QED) is 0.499. The molecule has 0 atom stereocenters. The van der Waals surface area contributed by atoms with Gasteiger partial charge in [-0.25, -0.2) is 9.78 Å². The molecule has 0 spiro atoms. The Labute approximate surface area is 149 Å². The number of fused-ring (bicyclic) bond motifs is 1. The van der Waals surface area contributed by atoms with Gasteiger partial charge in [-0.05, 0) is 46.5 Å². The van der Waals surface area contributed by atoms with E-state index in [9.17, 15) is 9.90 Å². The van der Waals surface area contributed by atoms with Gasteiger partial charge < -0.3 is 9.84 Å². The van der Waals surface area contributed by atoms with Crippen molar-refractivity contribution in [3.63, 3.8) is 0 Å². The molecule has 0 fully saturated rings. The van der Waals surface area contributed by atoms with Crippen molar-refractivity contribution in [2.24, 2.45) is 0 Å². The van der Waals surface area contributed by atoms with Crippen molar-refractivity contribution in [2.75, 3.05) is 6.61 Å². The Hall–Kier alpha value is -1.70. The molecule has 0 aliphatic heterocycles. The lowest BCUT2D eigenvalue weighted by atomic mass is 10.1. The lowest BCUT2D eigenvalue weighted by molar-refractivity contribution is 0.0516. The van der Waals surface area contributed by atoms with E-state index in [0.717, 1.165) is 5.56 Å². The molecule has 118 valence electrons. The Kier molecular flexibility index (Phi) is 4.52. The predicted molar refractivity (Wildman–Crippen MR) is 93.2 cm³/mol. The van der Waals surface area contributed by atoms with Crippen molar-refractivity contribution >= 4 is 55.1 Å². The Morgan fingerprint density at radius 2 is 2.09 bits per heavy atom. The average Bonchev–Trinajstić information content (AvgIpc) is 2.97. The molecule has 1 N–H and O–H groups in total. The number of halogens is 2. The highest BCUT2D eigenvalue weighted by Gasteiger charge is 2.24. The number of carbonyl (C=O) groups is 1. The number of benzene rings is 1. The van der Waals surface area contributed by atoms with Gasteiger partial charge in [-0.2, -0.15) is 4.37 Å². The summed E-state index contributed by atoms with van der Waals surface area (Å²) in [5.74, 6) is -0.916. The highest BCUT2D eigenvalue weighted by molar-refractivity contribution is 9.10. The summed E-state index contributed by atoms with van der Waals surface area (Å²) in [6.07, 6.45) is 0. The van der Waals surface area contributed by atoms with Crippen molar-refractivity contribution in [2.45, 2.75) is 6.92 Å². The maximum atomic E-state index is 12.0. The van der Waals surface area contributed by atoms with Crippen LogP contribution in [0.4, 0.5) is 0 Å². The number of ether oxygens (including phenoxy) is 1. The van der Waals surface area contributed by atoms with Gasteiger partial charge in [-0.1, -0.05) is 23.7 Å². The summed E-state index contributed by atoms with van der Waals surface area (Å²) in [6, 6.07) is 7.08. The molecule has 0 bridgehead atoms. The molecular formula is C15H10BrClN2O3S. The van der Waals surface area contributed by atoms with Crippen molar-refractivity contribution in [3.05, 3.63) is 39.6 Å². The summed E-state index contributed by atoms with van der Waals surface area (Å²) >= 11 is 10.4. The predicted octanol–water partition coefficient (Wildman–Crippen LogP) is 4.66. The van der Waals surface area contributed by atoms with Gasteiger partial charge in [0.2, 0.25) is 0 Å². The van der Waals surface area contributed by atoms with Gasteiger partial charge in [0.25, 0.3) is 0 Å². The second-order valence-electron chi connectivity index (χ2n) is 4.56. The Morgan fingerprint density at radius 3 is 2.74 bits per heavy atom. The van der Waals surface area contributed by atoms with Crippen LogP contribution < -0.4 is 0 Å². The van der Waals surface area contributed by atoms with Gasteiger partial charge in [-0.3, -0.25) is 0 Å². The number of nitrogens with zero attached hydrogens (tertiary/aromatic N) is 2. The lowest BCUT2D eigenvalue weighted by Gasteiger charge is -2.07. The monoisotopic (exact) mass is 412 g/mol. The van der Waals surface area contributed by atoms with E-state index in [1.165, 1.54) is 11.5 Å². The van der Waals surface area contributed by atoms with E-state index in [1.54, 1.807) is 31.2 Å². The second kappa shape index (κ2) is 6.43. The molecule has 23 heavy (non-hydrogen) atoms. The SMILES string of the molecule is CCOC(=O)c1nc(Br)c2snc(-c3ccc(Cl)cc3)c2c1O. The van der Waals surface area contributed by atoms with Crippen molar-refractivity contribution in [1.29, 1.82) is 0 Å². The molecule has 3 aromatic rings. The summed E-state index contributed by atoms with van der Waals surface area (Å²) in [4.78, 5) is 16.1. The van der Waals surface area contributed by atoms with Crippen molar-refractivity contribution < 1.29 is 14.6 Å². The van der Waals surface area contributed by atoms with Gasteiger partial charge >= 0.3 is 5.97 Å². The van der Waals surface area contributed by atoms with Gasteiger partial charge in [0.1, 0.15) is 4.60 Å². The lowest BCUT2D eigenvalue weighted by Crippen LogP contribution is -2.07. The maximum Gasteiger partial charge on any atom is 0.360 e. The molecule has 3 rings (SSSR count). The average molecular weight is 414 g/mol. The largest absolute Gasteiger partial charge is 0.505 e. The van der Waals surface area contributed by atoms with E-state index < -0.39 is 5.97 Å². The molecular weight excluding hydrogens is 404 g/mol. The fraction of sp³-hybridized carbons (Fsp3) is 0.133. The van der Waals surface area contributed by atoms with Crippen LogP contribution in [-0.2, 0) is 4.74 Å². The smallest absolute Gasteiger partial charge is 0.360 e. The van der Waals surface area contributed by atoms with Crippen LogP contribution in [0.2, 0.25) is 5.02 Å². The summed E-state index contributed by atoms with van der Waals surface area (Å²) in [5, 5.41) is 11.6. The summed E-state index contributed by atoms with van der Waals surface area (Å²) < 4.78 is 10.4. The van der Waals surface area contributed by atoms with Gasteiger partial charge in [-0.15, -0.1) is 0 Å². The molecule has 2 heterocycles. The molecule has 0 unspecified atom stereocenters. The van der Waals surface area contributed by atoms with Crippen LogP contribution in [0.15, 0.2) is 28.9 Å². The zero-order chi connectivity index (χ0) is 16.6. The first kappa shape index (κ1) is 16.2. The van der Waals surface area contributed by atoms with E-state index in [4.69, 9.17) is 16.3 Å². The first-order valence-corrected chi connectivity index (χ1v) is 8.58. The first-order valence-electron chi connectivity index (χ1n) is 6.63. The molecule has 0 amide bonds. The van der Waals surface area contributed by atoms with Crippen LogP contribution in [0.25, 0.3) is 21.3 Å². The molecule has 8 heteroatoms. The van der Waals surface area contributed by atoms with Crippen molar-refractivity contribution in [1.82, 2.24) is 9.36 Å². The molecule has 0 saturated carbocycles. The van der Waals surface area contributed by atoms with Crippen LogP contribution in [0.1, 0.15) is 17.4 Å². The number of aromatic hydroxyl groups is 1. The number of rotatable bonds is 3. The zero-order valence-corrected chi connectivity index (χ0v) is 15.0. The fourth-order valence-electron chi connectivity index (χ4n) is 2.12. The third-order valence-electron chi connectivity index (χ3n) is 3.14. The molecule has 0 saturated heterocycles. The Balaban J connectivity index is 2.25. The number of hydrogen-bond acceptors (Lipinski definition) is 6. The van der Waals surface area contributed by atoms with E-state index in [2.05, 4.69) is 25.3 Å². The molecule has 1 aromatic carbocycles. The van der Waals surface area contributed by atoms with Crippen LogP contribution >= 0.6 is 39.1 Å². The van der Waals surface area contributed by atoms with Crippen LogP contribution in [0.3, 0.4) is 0 Å². The topological polar surface area (TPSA) is 72.3 Å². The van der Waals surface area contributed by atoms with Crippen LogP contribution in [0, 0.1) is 0 Å². The minimum absolute atomic E-state index is 0.137. The minimum atomic E-state index is -0.680. The molecule has 0 radical (unpaired) electrons. The fourth-order valence-corrected chi connectivity index (χ4v) is 3.62. The van der Waals surface area contributed by atoms with Crippen molar-refractivity contribution in [3.8, 4) is 17.0 Å². The van der Waals surface area contributed by atoms with Gasteiger partial charge in [0, 0.05) is 10.6 Å². The van der Waals surface area contributed by atoms with E-state index in [-0.39, 0.29) is 18.1 Å². The van der Waals surface area contributed by atoms with E-state index in [0.29, 0.717) is 25.4 Å². The van der Waals surface area contributed by atoms with Gasteiger partial charge in [0.15, 0.2) is 11.4 Å². The first-order chi connectivity index (χ1) is 11.0. The number of hydrogen-bond donors (Lipinski definition) is 1. The highest BCUT2D eigenvalue weighted by atomic mass is 79.9. The van der Waals surface area contributed by atoms with E-state index >= 15 is 0 Å². The second-order valence-corrected chi connectivity index (χ2v) is 6.52. The van der Waals surface area contributed by atoms with Crippen LogP contribution in [-0.4, -0.2) is 27.0 Å². The number of pyridine rings is 1. The van der Waals surface area contributed by atoms with Gasteiger partial charge in [0.05, 0.1) is 22.4 Å². The third-order valence-corrected chi connectivity index (χ3v) is 5.08. The Morgan fingerprint density at radius 1 is 1.39 bits per heavy atom. The standard InChI is InChI=1S/C15H10BrClN2O3S/c1-2-22-15(21)11-12(20)9-10(7-3-5-8(17)6-4-7)19-23-13(9)14(16)18-11/h3-6,20H,2H2,1H3. The zero-order valence-electron chi connectivity index (χ0n) is 11.8. The summed E-state index contributed by atoms with van der Waals surface area (Å²) in [6.45, 7) is 1.88. The third kappa shape index (κ3) is 2.91. The normalized spacial score (nSPS) is 10.9. The molecule has 0 aliphatic rings. The molecule has 5 nitrogen and oxygen atoms in total. The van der Waals surface area contributed by atoms with Crippen LogP contribution in [0.5, 0.6) is 5.75 Å². The highest BCUT2D eigenvalue weighted by Crippen LogP contribution is 2.41. The Bertz CT molecular complexity index is 896. The number of aromatic nitrogens is 2. The summed E-state index contributed by atoms with van der Waals surface area (Å²) in [5.41, 5.74) is 1.21. The minimum Gasteiger partial charge on any atom is -0.505 e. The summed E-state index contributed by atoms with van der Waals surface area (Å²) in [7, 11) is 0.